The van der Waals surface area contributed by atoms with E-state index in [-0.39, 0.29) is 11.8 Å². The van der Waals surface area contributed by atoms with Gasteiger partial charge in [0.1, 0.15) is 0 Å². The van der Waals surface area contributed by atoms with E-state index < -0.39 is 0 Å². The van der Waals surface area contributed by atoms with Crippen molar-refractivity contribution in [1.82, 2.24) is 15.1 Å². The van der Waals surface area contributed by atoms with Crippen molar-refractivity contribution in [1.29, 1.82) is 0 Å². The van der Waals surface area contributed by atoms with Crippen LogP contribution in [0.3, 0.4) is 0 Å². The lowest BCUT2D eigenvalue weighted by Gasteiger charge is -2.34. The van der Waals surface area contributed by atoms with Gasteiger partial charge in [0.2, 0.25) is 11.8 Å². The zero-order valence-corrected chi connectivity index (χ0v) is 11.3. The number of carbonyl (C=O) groups is 2. The second-order valence-electron chi connectivity index (χ2n) is 4.41. The molecule has 1 aliphatic heterocycles. The van der Waals surface area contributed by atoms with Crippen LogP contribution in [0.4, 0.5) is 0 Å². The number of nitrogens with one attached hydrogen (secondary N) is 1. The van der Waals surface area contributed by atoms with Gasteiger partial charge in [-0.3, -0.25) is 9.59 Å². The van der Waals surface area contributed by atoms with Crippen molar-refractivity contribution >= 4 is 11.8 Å². The molecular weight excluding hydrogens is 234 g/mol. The van der Waals surface area contributed by atoms with Crippen molar-refractivity contribution in [3.05, 3.63) is 0 Å². The van der Waals surface area contributed by atoms with Crippen molar-refractivity contribution in [2.75, 3.05) is 53.0 Å². The largest absolute Gasteiger partial charge is 0.385 e. The molecule has 0 aliphatic carbocycles. The van der Waals surface area contributed by atoms with Crippen LogP contribution in [0.25, 0.3) is 0 Å². The molecule has 1 aliphatic rings. The van der Waals surface area contributed by atoms with E-state index in [9.17, 15) is 9.59 Å². The molecule has 1 fully saturated rings. The topological polar surface area (TPSA) is 61.9 Å². The summed E-state index contributed by atoms with van der Waals surface area (Å²) < 4.78 is 4.93. The van der Waals surface area contributed by atoms with Crippen LogP contribution in [0.2, 0.25) is 0 Å². The van der Waals surface area contributed by atoms with Crippen molar-refractivity contribution in [3.63, 3.8) is 0 Å². The first-order chi connectivity index (χ1) is 8.65. The van der Waals surface area contributed by atoms with Gasteiger partial charge in [-0.15, -0.1) is 0 Å². The second kappa shape index (κ2) is 8.05. The van der Waals surface area contributed by atoms with Crippen LogP contribution < -0.4 is 5.32 Å². The van der Waals surface area contributed by atoms with E-state index in [1.165, 1.54) is 0 Å². The van der Waals surface area contributed by atoms with E-state index in [0.29, 0.717) is 39.3 Å². The highest BCUT2D eigenvalue weighted by Crippen LogP contribution is 2.01. The van der Waals surface area contributed by atoms with Crippen molar-refractivity contribution < 1.29 is 14.3 Å². The second-order valence-corrected chi connectivity index (χ2v) is 4.41. The summed E-state index contributed by atoms with van der Waals surface area (Å²) in [5.74, 6) is 0.190. The monoisotopic (exact) mass is 257 g/mol. The summed E-state index contributed by atoms with van der Waals surface area (Å²) in [4.78, 5) is 26.6. The van der Waals surface area contributed by atoms with Crippen LogP contribution in [-0.2, 0) is 14.3 Å². The number of piperazine rings is 1. The quantitative estimate of drug-likeness (QED) is 0.639. The molecule has 1 rings (SSSR count). The van der Waals surface area contributed by atoms with E-state index in [1.807, 2.05) is 4.90 Å². The Morgan fingerprint density at radius 1 is 1.17 bits per heavy atom. The fourth-order valence-electron chi connectivity index (χ4n) is 1.92. The third-order valence-electron chi connectivity index (χ3n) is 3.06. The smallest absolute Gasteiger partial charge is 0.236 e. The molecule has 0 radical (unpaired) electrons. The Hall–Kier alpha value is -1.14. The lowest BCUT2D eigenvalue weighted by Crippen LogP contribution is -2.51. The molecule has 1 heterocycles. The van der Waals surface area contributed by atoms with Gasteiger partial charge in [0.05, 0.1) is 6.54 Å². The maximum Gasteiger partial charge on any atom is 0.236 e. The van der Waals surface area contributed by atoms with Gasteiger partial charge >= 0.3 is 0 Å². The molecule has 1 saturated heterocycles. The minimum absolute atomic E-state index is 0.0831. The number of ether oxygens (including phenoxy) is 1. The Balaban J connectivity index is 2.14. The maximum atomic E-state index is 11.8. The number of carbonyl (C=O) groups excluding carboxylic acids is 2. The van der Waals surface area contributed by atoms with Crippen molar-refractivity contribution in [3.8, 4) is 0 Å². The minimum atomic E-state index is 0.0831. The number of methoxy groups -OCH3 is 1. The zero-order chi connectivity index (χ0) is 13.4. The molecule has 0 saturated carbocycles. The van der Waals surface area contributed by atoms with E-state index in [2.05, 4.69) is 5.32 Å². The first-order valence-corrected chi connectivity index (χ1v) is 6.38. The molecule has 2 amide bonds. The molecule has 6 nitrogen and oxygen atoms in total. The van der Waals surface area contributed by atoms with E-state index in [0.717, 1.165) is 13.0 Å². The summed E-state index contributed by atoms with van der Waals surface area (Å²) in [7, 11) is 1.67. The Labute approximate surface area is 108 Å². The Morgan fingerprint density at radius 3 is 2.33 bits per heavy atom. The molecule has 0 aromatic carbocycles. The van der Waals surface area contributed by atoms with Gasteiger partial charge in [-0.2, -0.15) is 0 Å². The van der Waals surface area contributed by atoms with Crippen LogP contribution in [0, 0.1) is 0 Å². The lowest BCUT2D eigenvalue weighted by molar-refractivity contribution is -0.137. The highest BCUT2D eigenvalue weighted by atomic mass is 16.5. The van der Waals surface area contributed by atoms with Crippen LogP contribution in [-0.4, -0.2) is 74.6 Å². The summed E-state index contributed by atoms with van der Waals surface area (Å²) in [6.07, 6.45) is 0.905. The number of rotatable bonds is 6. The van der Waals surface area contributed by atoms with Crippen LogP contribution in [0.5, 0.6) is 0 Å². The highest BCUT2D eigenvalue weighted by Gasteiger charge is 2.21. The molecular formula is C12H23N3O3. The predicted molar refractivity (Wildman–Crippen MR) is 68.2 cm³/mol. The summed E-state index contributed by atoms with van der Waals surface area (Å²) in [5, 5.41) is 3.10. The average Bonchev–Trinajstić information content (AvgIpc) is 2.38. The third-order valence-corrected chi connectivity index (χ3v) is 3.06. The molecule has 18 heavy (non-hydrogen) atoms. The van der Waals surface area contributed by atoms with Gasteiger partial charge in [-0.25, -0.2) is 0 Å². The van der Waals surface area contributed by atoms with Crippen LogP contribution in [0.1, 0.15) is 13.3 Å². The van der Waals surface area contributed by atoms with Gasteiger partial charge in [0, 0.05) is 46.8 Å². The minimum Gasteiger partial charge on any atom is -0.385 e. The predicted octanol–water partition coefficient (Wildman–Crippen LogP) is -0.697. The van der Waals surface area contributed by atoms with E-state index >= 15 is 0 Å². The molecule has 0 bridgehead atoms. The number of amides is 2. The third kappa shape index (κ3) is 5.01. The molecule has 0 spiro atoms. The summed E-state index contributed by atoms with van der Waals surface area (Å²) >= 11 is 0. The van der Waals surface area contributed by atoms with Gasteiger partial charge in [0.15, 0.2) is 0 Å². The molecule has 6 heteroatoms. The number of hydrogen-bond acceptors (Lipinski definition) is 4. The zero-order valence-electron chi connectivity index (χ0n) is 11.3. The SMILES string of the molecule is COCCCNCC(=O)N1CCN(C(C)=O)CC1. The van der Waals surface area contributed by atoms with Crippen LogP contribution >= 0.6 is 0 Å². The van der Waals surface area contributed by atoms with Crippen molar-refractivity contribution in [2.45, 2.75) is 13.3 Å². The Kier molecular flexibility index (Phi) is 6.67. The molecule has 0 unspecified atom stereocenters. The van der Waals surface area contributed by atoms with E-state index in [1.54, 1.807) is 18.9 Å². The maximum absolute atomic E-state index is 11.8. The fraction of sp³-hybridized carbons (Fsp3) is 0.833. The summed E-state index contributed by atoms with van der Waals surface area (Å²) in [5.41, 5.74) is 0. The van der Waals surface area contributed by atoms with Crippen molar-refractivity contribution in [2.24, 2.45) is 0 Å². The van der Waals surface area contributed by atoms with E-state index in [4.69, 9.17) is 4.74 Å². The van der Waals surface area contributed by atoms with Gasteiger partial charge in [-0.1, -0.05) is 0 Å². The summed E-state index contributed by atoms with van der Waals surface area (Å²) in [6, 6.07) is 0. The number of nitrogens with zero attached hydrogens (tertiary/aromatic N) is 2. The molecule has 0 atom stereocenters. The van der Waals surface area contributed by atoms with Gasteiger partial charge < -0.3 is 19.9 Å². The standard InChI is InChI=1S/C12H23N3O3/c1-11(16)14-5-7-15(8-6-14)12(17)10-13-4-3-9-18-2/h13H,3-10H2,1-2H3. The van der Waals surface area contributed by atoms with Gasteiger partial charge in [0.25, 0.3) is 0 Å². The summed E-state index contributed by atoms with van der Waals surface area (Å²) in [6.45, 7) is 5.98. The first kappa shape index (κ1) is 14.9. The average molecular weight is 257 g/mol. The molecule has 0 aromatic heterocycles. The number of hydrogen-bond donors (Lipinski definition) is 1. The first-order valence-electron chi connectivity index (χ1n) is 6.38. The lowest BCUT2D eigenvalue weighted by atomic mass is 10.3. The molecule has 0 aromatic rings. The highest BCUT2D eigenvalue weighted by molar-refractivity contribution is 5.79. The van der Waals surface area contributed by atoms with Crippen LogP contribution in [0.15, 0.2) is 0 Å². The molecule has 104 valence electrons. The fourth-order valence-corrected chi connectivity index (χ4v) is 1.92. The van der Waals surface area contributed by atoms with Gasteiger partial charge in [-0.05, 0) is 13.0 Å². The molecule has 1 N–H and O–H groups in total. The Bertz CT molecular complexity index is 276. The Morgan fingerprint density at radius 2 is 1.78 bits per heavy atom. The normalized spacial score (nSPS) is 15.9.